The molecular formula is C22H21ClN4O4S. The van der Waals surface area contributed by atoms with Gasteiger partial charge in [-0.25, -0.2) is 9.78 Å². The van der Waals surface area contributed by atoms with Crippen molar-refractivity contribution >= 4 is 41.1 Å². The van der Waals surface area contributed by atoms with Crippen molar-refractivity contribution in [2.24, 2.45) is 0 Å². The van der Waals surface area contributed by atoms with Gasteiger partial charge in [0.1, 0.15) is 10.7 Å². The Balaban J connectivity index is 1.53. The molecule has 1 fully saturated rings. The molecule has 0 amide bonds. The summed E-state index contributed by atoms with van der Waals surface area (Å²) in [6, 6.07) is 12.9. The van der Waals surface area contributed by atoms with Crippen molar-refractivity contribution in [1.29, 1.82) is 0 Å². The number of halogens is 1. The van der Waals surface area contributed by atoms with Gasteiger partial charge < -0.3 is 19.5 Å². The number of thioether (sulfide) groups is 1. The lowest BCUT2D eigenvalue weighted by atomic mass is 10.1. The van der Waals surface area contributed by atoms with E-state index in [4.69, 9.17) is 21.1 Å². The number of H-pyrrole nitrogens is 1. The van der Waals surface area contributed by atoms with Gasteiger partial charge in [0, 0.05) is 23.8 Å². The lowest BCUT2D eigenvalue weighted by Crippen LogP contribution is -2.36. The number of morpholine rings is 1. The topological polar surface area (TPSA) is 101 Å². The van der Waals surface area contributed by atoms with E-state index < -0.39 is 5.97 Å². The number of hydrogen-bond donors (Lipinski definition) is 2. The predicted molar refractivity (Wildman–Crippen MR) is 124 cm³/mol. The van der Waals surface area contributed by atoms with E-state index in [9.17, 15) is 9.90 Å². The van der Waals surface area contributed by atoms with E-state index in [1.807, 2.05) is 24.3 Å². The van der Waals surface area contributed by atoms with Crippen LogP contribution in [0.3, 0.4) is 0 Å². The van der Waals surface area contributed by atoms with Crippen LogP contribution >= 0.6 is 23.4 Å². The molecule has 32 heavy (non-hydrogen) atoms. The molecule has 2 heterocycles. The van der Waals surface area contributed by atoms with Crippen LogP contribution in [0.25, 0.3) is 17.5 Å². The first-order chi connectivity index (χ1) is 15.5. The minimum absolute atomic E-state index is 0.104. The largest absolute Gasteiger partial charge is 0.496 e. The van der Waals surface area contributed by atoms with Crippen molar-refractivity contribution in [1.82, 2.24) is 15.2 Å². The zero-order valence-electron chi connectivity index (χ0n) is 17.2. The molecule has 1 aliphatic heterocycles. The Morgan fingerprint density at radius 3 is 2.69 bits per heavy atom. The van der Waals surface area contributed by atoms with Crippen molar-refractivity contribution in [2.45, 2.75) is 5.16 Å². The van der Waals surface area contributed by atoms with Crippen LogP contribution in [0.2, 0.25) is 5.02 Å². The first-order valence-corrected chi connectivity index (χ1v) is 11.0. The standard InChI is InChI=1S/C22H21ClN4O4S/c1-30-18-7-4-15(23)13-17(18)20-24-22(26-25-20)32-19(21(28)29)12-14-2-5-16(6-3-14)27-8-10-31-11-9-27/h2-7,12-13H,8-11H2,1H3,(H,28,29)(H,24,25,26)/b19-12+. The first kappa shape index (κ1) is 22.2. The molecule has 4 rings (SSSR count). The molecule has 0 radical (unpaired) electrons. The number of carboxylic acid groups (broad SMARTS) is 1. The van der Waals surface area contributed by atoms with E-state index in [1.165, 1.54) is 0 Å². The molecule has 1 saturated heterocycles. The van der Waals surface area contributed by atoms with Crippen LogP contribution in [0, 0.1) is 0 Å². The van der Waals surface area contributed by atoms with Crippen molar-refractivity contribution in [3.8, 4) is 17.1 Å². The van der Waals surface area contributed by atoms with E-state index in [2.05, 4.69) is 20.1 Å². The third-order valence-corrected chi connectivity index (χ3v) is 5.97. The van der Waals surface area contributed by atoms with E-state index in [1.54, 1.807) is 31.4 Å². The number of hydrogen-bond acceptors (Lipinski definition) is 7. The Labute approximate surface area is 194 Å². The van der Waals surface area contributed by atoms with Crippen LogP contribution in [0.1, 0.15) is 5.56 Å². The number of carbonyl (C=O) groups is 1. The summed E-state index contributed by atoms with van der Waals surface area (Å²) in [6.07, 6.45) is 1.60. The van der Waals surface area contributed by atoms with Gasteiger partial charge in [0.2, 0.25) is 5.16 Å². The van der Waals surface area contributed by atoms with Crippen molar-refractivity contribution in [3.05, 3.63) is 58.0 Å². The molecule has 0 aliphatic carbocycles. The smallest absolute Gasteiger partial charge is 0.342 e. The zero-order valence-corrected chi connectivity index (χ0v) is 18.8. The molecule has 0 bridgehead atoms. The summed E-state index contributed by atoms with van der Waals surface area (Å²) in [7, 11) is 1.55. The molecule has 0 atom stereocenters. The summed E-state index contributed by atoms with van der Waals surface area (Å²) >= 11 is 7.05. The number of methoxy groups -OCH3 is 1. The number of aromatic amines is 1. The minimum atomic E-state index is -1.06. The van der Waals surface area contributed by atoms with E-state index in [-0.39, 0.29) is 10.1 Å². The van der Waals surface area contributed by atoms with Crippen molar-refractivity contribution in [2.75, 3.05) is 38.3 Å². The summed E-state index contributed by atoms with van der Waals surface area (Å²) < 4.78 is 10.7. The minimum Gasteiger partial charge on any atom is -0.496 e. The molecule has 3 aromatic rings. The number of anilines is 1. The van der Waals surface area contributed by atoms with Crippen molar-refractivity contribution in [3.63, 3.8) is 0 Å². The molecule has 166 valence electrons. The van der Waals surface area contributed by atoms with Gasteiger partial charge in [-0.15, -0.1) is 5.10 Å². The number of ether oxygens (including phenoxy) is 2. The number of carboxylic acids is 1. The highest BCUT2D eigenvalue weighted by Crippen LogP contribution is 2.33. The number of aliphatic carboxylic acids is 1. The van der Waals surface area contributed by atoms with Crippen LogP contribution < -0.4 is 9.64 Å². The fourth-order valence-corrected chi connectivity index (χ4v) is 4.14. The highest BCUT2D eigenvalue weighted by Gasteiger charge is 2.17. The fraction of sp³-hybridized carbons (Fsp3) is 0.227. The van der Waals surface area contributed by atoms with Crippen LogP contribution in [0.5, 0.6) is 5.75 Å². The second-order valence-electron chi connectivity index (χ2n) is 6.92. The van der Waals surface area contributed by atoms with Gasteiger partial charge in [0.25, 0.3) is 0 Å². The predicted octanol–water partition coefficient (Wildman–Crippen LogP) is 4.19. The van der Waals surface area contributed by atoms with Gasteiger partial charge in [-0.3, -0.25) is 5.10 Å². The molecular weight excluding hydrogens is 452 g/mol. The summed E-state index contributed by atoms with van der Waals surface area (Å²) in [5.41, 5.74) is 2.50. The Hall–Kier alpha value is -3.01. The molecule has 1 aliphatic rings. The maximum atomic E-state index is 11.8. The van der Waals surface area contributed by atoms with Gasteiger partial charge in [0.15, 0.2) is 5.82 Å². The van der Waals surface area contributed by atoms with Crippen LogP contribution in [-0.2, 0) is 9.53 Å². The lowest BCUT2D eigenvalue weighted by Gasteiger charge is -2.28. The molecule has 2 N–H and O–H groups in total. The Morgan fingerprint density at radius 1 is 1.25 bits per heavy atom. The summed E-state index contributed by atoms with van der Waals surface area (Å²) in [4.78, 5) is 18.6. The third-order valence-electron chi connectivity index (χ3n) is 4.86. The van der Waals surface area contributed by atoms with Gasteiger partial charge in [-0.2, -0.15) is 0 Å². The maximum absolute atomic E-state index is 11.8. The monoisotopic (exact) mass is 472 g/mol. The van der Waals surface area contributed by atoms with Crippen LogP contribution in [-0.4, -0.2) is 59.7 Å². The van der Waals surface area contributed by atoms with Crippen LogP contribution in [0.4, 0.5) is 5.69 Å². The van der Waals surface area contributed by atoms with E-state index >= 15 is 0 Å². The normalized spacial score (nSPS) is 14.4. The molecule has 0 saturated carbocycles. The molecule has 1 aromatic heterocycles. The Morgan fingerprint density at radius 2 is 2.00 bits per heavy atom. The zero-order chi connectivity index (χ0) is 22.5. The van der Waals surface area contributed by atoms with Gasteiger partial charge in [-0.05, 0) is 53.7 Å². The number of rotatable bonds is 7. The number of benzene rings is 2. The number of nitrogens with one attached hydrogen (secondary N) is 1. The number of nitrogens with zero attached hydrogens (tertiary/aromatic N) is 3. The van der Waals surface area contributed by atoms with Gasteiger partial charge in [-0.1, -0.05) is 23.7 Å². The third kappa shape index (κ3) is 5.24. The Bertz CT molecular complexity index is 1130. The number of aromatic nitrogens is 3. The highest BCUT2D eigenvalue weighted by molar-refractivity contribution is 8.04. The Kier molecular flexibility index (Phi) is 6.99. The van der Waals surface area contributed by atoms with E-state index in [0.717, 1.165) is 36.1 Å². The molecule has 0 unspecified atom stereocenters. The highest BCUT2D eigenvalue weighted by atomic mass is 35.5. The molecule has 2 aromatic carbocycles. The average molecular weight is 473 g/mol. The second kappa shape index (κ2) is 10.1. The van der Waals surface area contributed by atoms with Gasteiger partial charge in [0.05, 0.1) is 25.9 Å². The molecule has 0 spiro atoms. The summed E-state index contributed by atoms with van der Waals surface area (Å²) in [5.74, 6) is -0.0400. The molecule has 10 heteroatoms. The first-order valence-electron chi connectivity index (χ1n) is 9.85. The van der Waals surface area contributed by atoms with Crippen LogP contribution in [0.15, 0.2) is 52.5 Å². The lowest BCUT2D eigenvalue weighted by molar-refractivity contribution is -0.131. The van der Waals surface area contributed by atoms with Gasteiger partial charge >= 0.3 is 5.97 Å². The van der Waals surface area contributed by atoms with E-state index in [0.29, 0.717) is 35.4 Å². The average Bonchev–Trinajstić information content (AvgIpc) is 3.28. The molecule has 8 nitrogen and oxygen atoms in total. The quantitative estimate of drug-likeness (QED) is 0.390. The second-order valence-corrected chi connectivity index (χ2v) is 8.36. The van der Waals surface area contributed by atoms with Crippen molar-refractivity contribution < 1.29 is 19.4 Å². The maximum Gasteiger partial charge on any atom is 0.342 e. The SMILES string of the molecule is COc1ccc(Cl)cc1-c1nc(S/C(=C/c2ccc(N3CCOCC3)cc2)C(=O)O)n[nH]1. The summed E-state index contributed by atoms with van der Waals surface area (Å²) in [6.45, 7) is 3.11. The fourth-order valence-electron chi connectivity index (χ4n) is 3.27. The summed E-state index contributed by atoms with van der Waals surface area (Å²) in [5, 5.41) is 17.4.